The van der Waals surface area contributed by atoms with Crippen molar-refractivity contribution in [1.82, 2.24) is 0 Å². The molecule has 0 spiro atoms. The van der Waals surface area contributed by atoms with Gasteiger partial charge < -0.3 is 14.5 Å². The van der Waals surface area contributed by atoms with Crippen molar-refractivity contribution in [3.63, 3.8) is 0 Å². The first-order valence-electron chi connectivity index (χ1n) is 8.27. The first kappa shape index (κ1) is 19.3. The minimum atomic E-state index is -1.16. The van der Waals surface area contributed by atoms with E-state index in [0.29, 0.717) is 18.0 Å². The number of esters is 1. The Morgan fingerprint density at radius 3 is 2.72 bits per heavy atom. The molecular formula is C18H24N2O4S. The lowest BCUT2D eigenvalue weighted by Crippen LogP contribution is -2.35. The Hall–Kier alpha value is -2.02. The van der Waals surface area contributed by atoms with Crippen LogP contribution in [0.1, 0.15) is 40.2 Å². The smallest absolute Gasteiger partial charge is 0.352 e. The van der Waals surface area contributed by atoms with Crippen LogP contribution in [0.5, 0.6) is 0 Å². The number of benzene rings is 1. The Morgan fingerprint density at radius 1 is 1.36 bits per heavy atom. The zero-order chi connectivity index (χ0) is 18.6. The number of hydrogen-bond acceptors (Lipinski definition) is 6. The first-order valence-corrected chi connectivity index (χ1v) is 9.26. The Bertz CT molecular complexity index is 700. The van der Waals surface area contributed by atoms with Gasteiger partial charge in [0.05, 0.1) is 23.8 Å². The molecule has 1 aromatic rings. The van der Waals surface area contributed by atoms with Crippen molar-refractivity contribution >= 4 is 35.0 Å². The molecule has 1 amide bonds. The molecule has 0 radical (unpaired) electrons. The average molecular weight is 364 g/mol. The van der Waals surface area contributed by atoms with Crippen molar-refractivity contribution in [1.29, 1.82) is 0 Å². The van der Waals surface area contributed by atoms with Gasteiger partial charge in [0.1, 0.15) is 0 Å². The van der Waals surface area contributed by atoms with E-state index >= 15 is 0 Å². The van der Waals surface area contributed by atoms with Crippen LogP contribution >= 0.6 is 11.8 Å². The van der Waals surface area contributed by atoms with Crippen LogP contribution in [-0.4, -0.2) is 42.1 Å². The van der Waals surface area contributed by atoms with E-state index in [0.717, 1.165) is 16.1 Å². The first-order chi connectivity index (χ1) is 11.8. The number of amides is 1. The van der Waals surface area contributed by atoms with Gasteiger partial charge in [-0.05, 0) is 46.8 Å². The molecule has 0 saturated heterocycles. The van der Waals surface area contributed by atoms with Gasteiger partial charge in [0.15, 0.2) is 0 Å². The average Bonchev–Trinajstić information content (AvgIpc) is 2.59. The predicted molar refractivity (Wildman–Crippen MR) is 99.2 cm³/mol. The quantitative estimate of drug-likeness (QED) is 0.440. The molecule has 0 fully saturated rings. The van der Waals surface area contributed by atoms with Gasteiger partial charge in [0, 0.05) is 17.0 Å². The zero-order valence-electron chi connectivity index (χ0n) is 15.3. The highest BCUT2D eigenvalue weighted by Crippen LogP contribution is 2.36. The van der Waals surface area contributed by atoms with Gasteiger partial charge in [-0.25, -0.2) is 4.79 Å². The molecule has 25 heavy (non-hydrogen) atoms. The topological polar surface area (TPSA) is 68.2 Å². The third kappa shape index (κ3) is 4.34. The maximum absolute atomic E-state index is 12.1. The van der Waals surface area contributed by atoms with Crippen LogP contribution in [0.15, 0.2) is 28.3 Å². The van der Waals surface area contributed by atoms with E-state index in [1.807, 2.05) is 25.1 Å². The fraction of sp³-hybridized carbons (Fsp3) is 0.500. The fourth-order valence-electron chi connectivity index (χ4n) is 2.35. The molecule has 1 heterocycles. The summed E-state index contributed by atoms with van der Waals surface area (Å²) in [5.41, 5.74) is 1.19. The minimum Gasteiger partial charge on any atom is -0.463 e. The number of ether oxygens (including phenoxy) is 1. The molecule has 7 heteroatoms. The Labute approximate surface area is 152 Å². The molecule has 0 N–H and O–H groups in total. The molecule has 0 saturated carbocycles. The van der Waals surface area contributed by atoms with Crippen LogP contribution in [0, 0.1) is 0 Å². The summed E-state index contributed by atoms with van der Waals surface area (Å²) < 4.78 is 4.98. The number of hydrogen-bond donors (Lipinski definition) is 0. The van der Waals surface area contributed by atoms with Crippen molar-refractivity contribution in [3.05, 3.63) is 23.8 Å². The number of nitrogens with zero attached hydrogens (tertiary/aromatic N) is 2. The third-order valence-electron chi connectivity index (χ3n) is 3.81. The Kier molecular flexibility index (Phi) is 6.11. The molecule has 1 aliphatic heterocycles. The largest absolute Gasteiger partial charge is 0.463 e. The van der Waals surface area contributed by atoms with Crippen LogP contribution in [0.3, 0.4) is 0 Å². The number of carbonyl (C=O) groups is 2. The normalized spacial score (nSPS) is 15.0. The summed E-state index contributed by atoms with van der Waals surface area (Å²) in [5.74, 6) is 0.104. The lowest BCUT2D eigenvalue weighted by molar-refractivity contribution is -0.167. The van der Waals surface area contributed by atoms with E-state index in [-0.39, 0.29) is 12.5 Å². The monoisotopic (exact) mass is 364 g/mol. The minimum absolute atomic E-state index is 0.103. The summed E-state index contributed by atoms with van der Waals surface area (Å²) in [6, 6.07) is 5.86. The zero-order valence-corrected chi connectivity index (χ0v) is 16.1. The summed E-state index contributed by atoms with van der Waals surface area (Å²) >= 11 is 1.54. The number of carbonyl (C=O) groups excluding carboxylic acids is 2. The molecule has 0 aliphatic carbocycles. The number of anilines is 1. The van der Waals surface area contributed by atoms with Crippen LogP contribution in [0.4, 0.5) is 5.69 Å². The predicted octanol–water partition coefficient (Wildman–Crippen LogP) is 3.23. The van der Waals surface area contributed by atoms with Crippen LogP contribution in [0.25, 0.3) is 0 Å². The van der Waals surface area contributed by atoms with Crippen molar-refractivity contribution in [2.24, 2.45) is 5.16 Å². The number of fused-ring (bicyclic) bond motifs is 1. The van der Waals surface area contributed by atoms with Gasteiger partial charge >= 0.3 is 5.97 Å². The lowest BCUT2D eigenvalue weighted by atomic mass is 10.1. The molecule has 0 aromatic heterocycles. The Balaban J connectivity index is 2.22. The van der Waals surface area contributed by atoms with E-state index < -0.39 is 11.6 Å². The van der Waals surface area contributed by atoms with E-state index in [1.165, 1.54) is 11.8 Å². The molecule has 2 rings (SSSR count). The third-order valence-corrected chi connectivity index (χ3v) is 4.86. The summed E-state index contributed by atoms with van der Waals surface area (Å²) in [6.45, 7) is 9.64. The highest BCUT2D eigenvalue weighted by Gasteiger charge is 2.32. The van der Waals surface area contributed by atoms with Crippen LogP contribution in [-0.2, 0) is 19.2 Å². The van der Waals surface area contributed by atoms with Gasteiger partial charge in [-0.2, -0.15) is 0 Å². The maximum Gasteiger partial charge on any atom is 0.352 e. The molecule has 0 unspecified atom stereocenters. The summed E-state index contributed by atoms with van der Waals surface area (Å²) in [6.07, 6.45) is 0. The number of thioether (sulfide) groups is 1. The van der Waals surface area contributed by atoms with Gasteiger partial charge in [-0.15, -0.1) is 11.8 Å². The van der Waals surface area contributed by atoms with E-state index in [4.69, 9.17) is 9.57 Å². The standard InChI is InChI=1S/C18H24N2O4S/c1-6-20-14-10-13(8-9-15(14)25-11-16(20)21)12(3)19-24-18(4,5)17(22)23-7-2/h8-10H,6-7,11H2,1-5H3/b19-12+. The second-order valence-corrected chi connectivity index (χ2v) is 7.13. The maximum atomic E-state index is 12.1. The Morgan fingerprint density at radius 2 is 2.08 bits per heavy atom. The summed E-state index contributed by atoms with van der Waals surface area (Å²) in [7, 11) is 0. The SMILES string of the molecule is CCOC(=O)C(C)(C)O/N=C(\C)c1ccc2c(c1)N(CC)C(=O)CS2. The highest BCUT2D eigenvalue weighted by molar-refractivity contribution is 8.00. The van der Waals surface area contributed by atoms with Gasteiger partial charge in [0.2, 0.25) is 11.5 Å². The summed E-state index contributed by atoms with van der Waals surface area (Å²) in [5, 5.41) is 4.09. The van der Waals surface area contributed by atoms with Crippen molar-refractivity contribution in [2.45, 2.75) is 45.1 Å². The fourth-order valence-corrected chi connectivity index (χ4v) is 3.27. The van der Waals surface area contributed by atoms with E-state index in [1.54, 1.807) is 32.6 Å². The second kappa shape index (κ2) is 7.91. The molecule has 6 nitrogen and oxygen atoms in total. The van der Waals surface area contributed by atoms with E-state index in [9.17, 15) is 9.59 Å². The molecule has 0 atom stereocenters. The van der Waals surface area contributed by atoms with Gasteiger partial charge in [-0.1, -0.05) is 11.2 Å². The van der Waals surface area contributed by atoms with Crippen molar-refractivity contribution < 1.29 is 19.2 Å². The van der Waals surface area contributed by atoms with Crippen molar-refractivity contribution in [2.75, 3.05) is 23.8 Å². The molecule has 1 aromatic carbocycles. The molecule has 1 aliphatic rings. The van der Waals surface area contributed by atoms with Crippen LogP contribution in [0.2, 0.25) is 0 Å². The summed E-state index contributed by atoms with van der Waals surface area (Å²) in [4.78, 5) is 32.2. The number of rotatable bonds is 6. The van der Waals surface area contributed by atoms with E-state index in [2.05, 4.69) is 5.16 Å². The van der Waals surface area contributed by atoms with Gasteiger partial charge in [0.25, 0.3) is 0 Å². The molecule has 136 valence electrons. The van der Waals surface area contributed by atoms with Crippen LogP contribution < -0.4 is 4.90 Å². The second-order valence-electron chi connectivity index (χ2n) is 6.11. The van der Waals surface area contributed by atoms with Gasteiger partial charge in [-0.3, -0.25) is 4.79 Å². The van der Waals surface area contributed by atoms with Crippen molar-refractivity contribution in [3.8, 4) is 0 Å². The molecular weight excluding hydrogens is 340 g/mol. The highest BCUT2D eigenvalue weighted by atomic mass is 32.2. The lowest BCUT2D eigenvalue weighted by Gasteiger charge is -2.28. The molecule has 0 bridgehead atoms. The number of oxime groups is 1.